The van der Waals surface area contributed by atoms with Crippen LogP contribution in [0.25, 0.3) is 0 Å². The summed E-state index contributed by atoms with van der Waals surface area (Å²) >= 11 is 4.77. The van der Waals surface area contributed by atoms with E-state index in [0.717, 1.165) is 0 Å². The molecule has 80 valence electrons. The largest absolute Gasteiger partial charge is 0.364 e. The van der Waals surface area contributed by atoms with E-state index in [1.807, 2.05) is 18.2 Å². The summed E-state index contributed by atoms with van der Waals surface area (Å²) < 4.78 is 0. The van der Waals surface area contributed by atoms with Gasteiger partial charge in [-0.2, -0.15) is 0 Å². The Balaban J connectivity index is 2.34. The van der Waals surface area contributed by atoms with Crippen molar-refractivity contribution in [3.63, 3.8) is 0 Å². The molecule has 0 unspecified atom stereocenters. The number of hydrogen-bond donors (Lipinski definition) is 4. The normalized spacial score (nSPS) is 8.87. The zero-order chi connectivity index (χ0) is 11.1. The molecule has 0 radical (unpaired) electrons. The highest BCUT2D eigenvalue weighted by Crippen LogP contribution is 2.03. The van der Waals surface area contributed by atoms with Gasteiger partial charge in [-0.25, -0.2) is 10.2 Å². The molecule has 1 rings (SSSR count). The van der Waals surface area contributed by atoms with Crippen LogP contribution in [0.4, 0.5) is 10.5 Å². The molecule has 0 aromatic heterocycles. The van der Waals surface area contributed by atoms with E-state index in [0.29, 0.717) is 10.8 Å². The van der Waals surface area contributed by atoms with Crippen molar-refractivity contribution in [1.29, 1.82) is 0 Å². The highest BCUT2D eigenvalue weighted by atomic mass is 32.1. The van der Waals surface area contributed by atoms with E-state index < -0.39 is 0 Å². The first-order chi connectivity index (χ1) is 7.22. The highest BCUT2D eigenvalue weighted by molar-refractivity contribution is 7.80. The minimum atomic E-state index is -0.376. The number of thiocarbonyl (C=S) groups is 1. The fraction of sp³-hybridized carbons (Fsp3) is 0.111. The van der Waals surface area contributed by atoms with Crippen LogP contribution in [0.15, 0.2) is 30.3 Å². The lowest BCUT2D eigenvalue weighted by molar-refractivity contribution is 0.250. The van der Waals surface area contributed by atoms with Gasteiger partial charge in [-0.05, 0) is 24.4 Å². The molecule has 0 saturated heterocycles. The summed E-state index contributed by atoms with van der Waals surface area (Å²) in [6.45, 7) is 0. The van der Waals surface area contributed by atoms with Crippen molar-refractivity contribution in [2.45, 2.75) is 0 Å². The zero-order valence-electron chi connectivity index (χ0n) is 8.20. The summed E-state index contributed by atoms with van der Waals surface area (Å²) in [5.41, 5.74) is 5.60. The Morgan fingerprint density at radius 1 is 1.20 bits per heavy atom. The van der Waals surface area contributed by atoms with Crippen LogP contribution in [0.3, 0.4) is 0 Å². The molecular formula is C9H12N4OS. The second-order valence-electron chi connectivity index (χ2n) is 2.65. The van der Waals surface area contributed by atoms with Crippen molar-refractivity contribution in [2.75, 3.05) is 12.4 Å². The second kappa shape index (κ2) is 5.82. The molecule has 0 aliphatic carbocycles. The number of benzene rings is 1. The molecule has 0 saturated carbocycles. The predicted octanol–water partition coefficient (Wildman–Crippen LogP) is 0.817. The summed E-state index contributed by atoms with van der Waals surface area (Å²) in [6, 6.07) is 8.74. The van der Waals surface area contributed by atoms with E-state index in [2.05, 4.69) is 21.5 Å². The van der Waals surface area contributed by atoms with Crippen LogP contribution in [-0.2, 0) is 0 Å². The molecule has 0 aliphatic rings. The van der Waals surface area contributed by atoms with Crippen molar-refractivity contribution in [1.82, 2.24) is 16.2 Å². The van der Waals surface area contributed by atoms with Crippen molar-refractivity contribution < 1.29 is 4.79 Å². The van der Waals surface area contributed by atoms with Gasteiger partial charge in [0.2, 0.25) is 0 Å². The number of carbonyl (C=O) groups excluding carboxylic acids is 1. The van der Waals surface area contributed by atoms with Crippen molar-refractivity contribution in [2.24, 2.45) is 0 Å². The average Bonchev–Trinajstić information content (AvgIpc) is 2.27. The van der Waals surface area contributed by atoms with Gasteiger partial charge in [0.15, 0.2) is 5.11 Å². The third kappa shape index (κ3) is 4.28. The summed E-state index contributed by atoms with van der Waals surface area (Å²) in [5.74, 6) is 0. The number of rotatable bonds is 1. The van der Waals surface area contributed by atoms with Gasteiger partial charge >= 0.3 is 6.03 Å². The fourth-order valence-corrected chi connectivity index (χ4v) is 0.911. The lowest BCUT2D eigenvalue weighted by Crippen LogP contribution is -2.47. The molecule has 0 fully saturated rings. The van der Waals surface area contributed by atoms with E-state index >= 15 is 0 Å². The Hall–Kier alpha value is -1.82. The van der Waals surface area contributed by atoms with Crippen molar-refractivity contribution >= 4 is 29.0 Å². The number of carbonyl (C=O) groups is 1. The average molecular weight is 224 g/mol. The molecule has 0 spiro atoms. The van der Waals surface area contributed by atoms with Crippen LogP contribution < -0.4 is 21.5 Å². The summed E-state index contributed by atoms with van der Waals surface area (Å²) in [4.78, 5) is 11.3. The van der Waals surface area contributed by atoms with Gasteiger partial charge in [0.1, 0.15) is 0 Å². The molecule has 6 heteroatoms. The van der Waals surface area contributed by atoms with E-state index in [4.69, 9.17) is 12.2 Å². The lowest BCUT2D eigenvalue weighted by atomic mass is 10.3. The maximum absolute atomic E-state index is 11.3. The quantitative estimate of drug-likeness (QED) is 0.421. The van der Waals surface area contributed by atoms with Gasteiger partial charge in [0.05, 0.1) is 0 Å². The van der Waals surface area contributed by atoms with E-state index in [1.165, 1.54) is 0 Å². The van der Waals surface area contributed by atoms with Crippen molar-refractivity contribution in [3.05, 3.63) is 30.3 Å². The molecule has 0 aliphatic heterocycles. The number of hydrogen-bond acceptors (Lipinski definition) is 2. The summed E-state index contributed by atoms with van der Waals surface area (Å²) in [6.07, 6.45) is 0. The summed E-state index contributed by atoms with van der Waals surface area (Å²) in [5, 5.41) is 5.63. The first-order valence-electron chi connectivity index (χ1n) is 4.32. The number of nitrogens with one attached hydrogen (secondary N) is 4. The molecular weight excluding hydrogens is 212 g/mol. The number of urea groups is 1. The maximum Gasteiger partial charge on any atom is 0.337 e. The molecule has 5 nitrogen and oxygen atoms in total. The van der Waals surface area contributed by atoms with Gasteiger partial charge in [0, 0.05) is 12.7 Å². The van der Waals surface area contributed by atoms with Gasteiger partial charge in [-0.15, -0.1) is 0 Å². The van der Waals surface area contributed by atoms with E-state index in [1.54, 1.807) is 19.2 Å². The minimum Gasteiger partial charge on any atom is -0.364 e. The maximum atomic E-state index is 11.3. The van der Waals surface area contributed by atoms with Crippen LogP contribution in [0.1, 0.15) is 0 Å². The monoisotopic (exact) mass is 224 g/mol. The molecule has 1 aromatic rings. The third-order valence-electron chi connectivity index (χ3n) is 1.55. The highest BCUT2D eigenvalue weighted by Gasteiger charge is 1.99. The first kappa shape index (κ1) is 11.3. The zero-order valence-corrected chi connectivity index (χ0v) is 9.02. The Bertz CT molecular complexity index is 341. The molecule has 0 heterocycles. The molecule has 15 heavy (non-hydrogen) atoms. The van der Waals surface area contributed by atoms with Gasteiger partial charge < -0.3 is 10.6 Å². The smallest absolute Gasteiger partial charge is 0.337 e. The van der Waals surface area contributed by atoms with Gasteiger partial charge in [-0.1, -0.05) is 18.2 Å². The van der Waals surface area contributed by atoms with Crippen LogP contribution in [0.2, 0.25) is 0 Å². The van der Waals surface area contributed by atoms with Crippen LogP contribution in [0, 0.1) is 0 Å². The third-order valence-corrected chi connectivity index (χ3v) is 1.85. The topological polar surface area (TPSA) is 65.2 Å². The van der Waals surface area contributed by atoms with E-state index in [-0.39, 0.29) is 6.03 Å². The lowest BCUT2D eigenvalue weighted by Gasteiger charge is -2.09. The Morgan fingerprint density at radius 2 is 1.87 bits per heavy atom. The standard InChI is InChI=1S/C9H12N4OS/c1-10-9(15)13-12-8(14)11-7-5-3-2-4-6-7/h2-6H,1H3,(H2,10,13,15)(H2,11,12,14). The SMILES string of the molecule is CNC(=S)NNC(=O)Nc1ccccc1. The number of amides is 2. The Labute approximate surface area is 93.2 Å². The Morgan fingerprint density at radius 3 is 2.47 bits per heavy atom. The summed E-state index contributed by atoms with van der Waals surface area (Å²) in [7, 11) is 1.66. The molecule has 0 atom stereocenters. The van der Waals surface area contributed by atoms with Crippen LogP contribution in [-0.4, -0.2) is 18.2 Å². The number of para-hydroxylation sites is 1. The van der Waals surface area contributed by atoms with Crippen LogP contribution >= 0.6 is 12.2 Å². The van der Waals surface area contributed by atoms with Gasteiger partial charge in [0.25, 0.3) is 0 Å². The Kier molecular flexibility index (Phi) is 4.36. The predicted molar refractivity (Wildman–Crippen MR) is 63.4 cm³/mol. The van der Waals surface area contributed by atoms with Gasteiger partial charge in [-0.3, -0.25) is 5.43 Å². The molecule has 0 bridgehead atoms. The van der Waals surface area contributed by atoms with E-state index in [9.17, 15) is 4.79 Å². The molecule has 1 aromatic carbocycles. The molecule has 2 amide bonds. The van der Waals surface area contributed by atoms with Crippen molar-refractivity contribution in [3.8, 4) is 0 Å². The minimum absolute atomic E-state index is 0.346. The second-order valence-corrected chi connectivity index (χ2v) is 3.06. The number of hydrazine groups is 1. The number of anilines is 1. The van der Waals surface area contributed by atoms with Crippen LogP contribution in [0.5, 0.6) is 0 Å². The first-order valence-corrected chi connectivity index (χ1v) is 4.73. The fourth-order valence-electron chi connectivity index (χ4n) is 0.860. The molecule has 4 N–H and O–H groups in total.